The summed E-state index contributed by atoms with van der Waals surface area (Å²) >= 11 is 0. The molecule has 0 amide bonds. The van der Waals surface area contributed by atoms with Gasteiger partial charge in [-0.3, -0.25) is 4.98 Å². The molecule has 1 heterocycles. The van der Waals surface area contributed by atoms with Gasteiger partial charge < -0.3 is 5.73 Å². The molecule has 0 atom stereocenters. The van der Waals surface area contributed by atoms with E-state index in [0.29, 0.717) is 5.69 Å². The molecular weight excluding hydrogens is 191 g/mol. The quantitative estimate of drug-likeness (QED) is 0.772. The van der Waals surface area contributed by atoms with Crippen LogP contribution in [-0.2, 0) is 0 Å². The van der Waals surface area contributed by atoms with E-state index in [9.17, 15) is 4.39 Å². The summed E-state index contributed by atoms with van der Waals surface area (Å²) in [6.07, 6.45) is 0. The van der Waals surface area contributed by atoms with Crippen LogP contribution in [0.2, 0.25) is 0 Å². The summed E-state index contributed by atoms with van der Waals surface area (Å²) < 4.78 is 12.7. The van der Waals surface area contributed by atoms with Crippen molar-refractivity contribution in [1.29, 1.82) is 0 Å². The van der Waals surface area contributed by atoms with E-state index in [1.54, 1.807) is 18.2 Å². The fourth-order valence-corrected chi connectivity index (χ4v) is 1.35. The highest BCUT2D eigenvalue weighted by Crippen LogP contribution is 2.19. The van der Waals surface area contributed by atoms with E-state index in [1.807, 2.05) is 13.0 Å². The van der Waals surface area contributed by atoms with Crippen LogP contribution in [0.4, 0.5) is 10.1 Å². The van der Waals surface area contributed by atoms with Crippen LogP contribution in [0.5, 0.6) is 0 Å². The maximum Gasteiger partial charge on any atom is 0.123 e. The Morgan fingerprint density at radius 1 is 1.07 bits per heavy atom. The van der Waals surface area contributed by atoms with Crippen molar-refractivity contribution in [2.24, 2.45) is 0 Å². The number of rotatable bonds is 1. The minimum Gasteiger partial charge on any atom is -0.397 e. The van der Waals surface area contributed by atoms with E-state index < -0.39 is 0 Å². The van der Waals surface area contributed by atoms with Gasteiger partial charge in [-0.15, -0.1) is 0 Å². The lowest BCUT2D eigenvalue weighted by Crippen LogP contribution is -1.94. The van der Waals surface area contributed by atoms with Gasteiger partial charge in [-0.1, -0.05) is 0 Å². The molecule has 15 heavy (non-hydrogen) atoms. The SMILES string of the molecule is Cc1nc(-c2ccc(F)cc2)ccc1N. The minimum absolute atomic E-state index is 0.245. The van der Waals surface area contributed by atoms with Crippen LogP contribution in [-0.4, -0.2) is 4.98 Å². The van der Waals surface area contributed by atoms with Gasteiger partial charge in [0.15, 0.2) is 0 Å². The first-order valence-corrected chi connectivity index (χ1v) is 4.66. The van der Waals surface area contributed by atoms with Crippen LogP contribution in [0.15, 0.2) is 36.4 Å². The second kappa shape index (κ2) is 3.69. The van der Waals surface area contributed by atoms with Gasteiger partial charge >= 0.3 is 0 Å². The van der Waals surface area contributed by atoms with E-state index >= 15 is 0 Å². The Bertz CT molecular complexity index is 477. The third-order valence-electron chi connectivity index (χ3n) is 2.27. The molecule has 1 aromatic carbocycles. The highest BCUT2D eigenvalue weighted by atomic mass is 19.1. The molecule has 2 nitrogen and oxygen atoms in total. The molecule has 0 aliphatic rings. The molecule has 0 bridgehead atoms. The van der Waals surface area contributed by atoms with Crippen LogP contribution < -0.4 is 5.73 Å². The van der Waals surface area contributed by atoms with Gasteiger partial charge in [-0.25, -0.2) is 4.39 Å². The third kappa shape index (κ3) is 1.96. The number of nitrogens with zero attached hydrogens (tertiary/aromatic N) is 1. The van der Waals surface area contributed by atoms with E-state index in [4.69, 9.17) is 5.73 Å². The molecule has 76 valence electrons. The zero-order valence-electron chi connectivity index (χ0n) is 8.37. The smallest absolute Gasteiger partial charge is 0.123 e. The molecule has 0 aliphatic heterocycles. The zero-order valence-corrected chi connectivity index (χ0v) is 8.37. The number of aryl methyl sites for hydroxylation is 1. The molecule has 3 heteroatoms. The normalized spacial score (nSPS) is 10.3. The first-order valence-electron chi connectivity index (χ1n) is 4.66. The molecule has 0 saturated carbocycles. The van der Waals surface area contributed by atoms with Crippen molar-refractivity contribution >= 4 is 5.69 Å². The summed E-state index contributed by atoms with van der Waals surface area (Å²) in [4.78, 5) is 4.33. The molecule has 2 N–H and O–H groups in total. The highest BCUT2D eigenvalue weighted by molar-refractivity contribution is 5.61. The van der Waals surface area contributed by atoms with Gasteiger partial charge in [0.25, 0.3) is 0 Å². The van der Waals surface area contributed by atoms with Gasteiger partial charge in [0, 0.05) is 5.56 Å². The lowest BCUT2D eigenvalue weighted by atomic mass is 10.1. The Morgan fingerprint density at radius 2 is 1.73 bits per heavy atom. The van der Waals surface area contributed by atoms with E-state index in [0.717, 1.165) is 17.0 Å². The summed E-state index contributed by atoms with van der Waals surface area (Å²) in [7, 11) is 0. The maximum atomic E-state index is 12.7. The highest BCUT2D eigenvalue weighted by Gasteiger charge is 2.01. The molecule has 1 aromatic heterocycles. The Morgan fingerprint density at radius 3 is 2.33 bits per heavy atom. The average molecular weight is 202 g/mol. The van der Waals surface area contributed by atoms with E-state index in [2.05, 4.69) is 4.98 Å². The molecule has 0 spiro atoms. The fraction of sp³-hybridized carbons (Fsp3) is 0.0833. The van der Waals surface area contributed by atoms with Crippen LogP contribution in [0, 0.1) is 12.7 Å². The molecule has 2 rings (SSSR count). The molecule has 2 aromatic rings. The number of anilines is 1. The molecule has 0 saturated heterocycles. The van der Waals surface area contributed by atoms with Crippen molar-refractivity contribution in [3.63, 3.8) is 0 Å². The van der Waals surface area contributed by atoms with Crippen LogP contribution >= 0.6 is 0 Å². The Labute approximate surface area is 87.6 Å². The minimum atomic E-state index is -0.245. The summed E-state index contributed by atoms with van der Waals surface area (Å²) in [5.74, 6) is -0.245. The first kappa shape index (κ1) is 9.65. The second-order valence-corrected chi connectivity index (χ2v) is 3.38. The van der Waals surface area contributed by atoms with Gasteiger partial charge in [-0.2, -0.15) is 0 Å². The number of hydrogen-bond donors (Lipinski definition) is 1. The lowest BCUT2D eigenvalue weighted by Gasteiger charge is -2.04. The van der Waals surface area contributed by atoms with Gasteiger partial charge in [-0.05, 0) is 43.3 Å². The third-order valence-corrected chi connectivity index (χ3v) is 2.27. The van der Waals surface area contributed by atoms with E-state index in [1.165, 1.54) is 12.1 Å². The number of benzene rings is 1. The molecular formula is C12H11FN2. The Kier molecular flexibility index (Phi) is 2.37. The monoisotopic (exact) mass is 202 g/mol. The van der Waals surface area contributed by atoms with Crippen molar-refractivity contribution in [3.8, 4) is 11.3 Å². The average Bonchev–Trinajstić information content (AvgIpc) is 2.23. The second-order valence-electron chi connectivity index (χ2n) is 3.38. The Hall–Kier alpha value is -1.90. The summed E-state index contributed by atoms with van der Waals surface area (Å²) in [6.45, 7) is 1.85. The van der Waals surface area contributed by atoms with Crippen LogP contribution in [0.1, 0.15) is 5.69 Å². The predicted octanol–water partition coefficient (Wildman–Crippen LogP) is 2.78. The van der Waals surface area contributed by atoms with E-state index in [-0.39, 0.29) is 5.82 Å². The van der Waals surface area contributed by atoms with Crippen molar-refractivity contribution in [3.05, 3.63) is 47.9 Å². The zero-order chi connectivity index (χ0) is 10.8. The van der Waals surface area contributed by atoms with Gasteiger partial charge in [0.1, 0.15) is 5.82 Å². The van der Waals surface area contributed by atoms with Crippen molar-refractivity contribution < 1.29 is 4.39 Å². The summed E-state index contributed by atoms with van der Waals surface area (Å²) in [6, 6.07) is 9.88. The standard InChI is InChI=1S/C12H11FN2/c1-8-11(14)6-7-12(15-8)9-2-4-10(13)5-3-9/h2-7H,14H2,1H3. The number of nitrogens with two attached hydrogens (primary N) is 1. The van der Waals surface area contributed by atoms with Crippen molar-refractivity contribution in [2.45, 2.75) is 6.92 Å². The van der Waals surface area contributed by atoms with Crippen LogP contribution in [0.3, 0.4) is 0 Å². The van der Waals surface area contributed by atoms with Crippen LogP contribution in [0.25, 0.3) is 11.3 Å². The number of pyridine rings is 1. The molecule has 0 aliphatic carbocycles. The lowest BCUT2D eigenvalue weighted by molar-refractivity contribution is 0.628. The number of halogens is 1. The molecule has 0 radical (unpaired) electrons. The largest absolute Gasteiger partial charge is 0.397 e. The maximum absolute atomic E-state index is 12.7. The first-order chi connectivity index (χ1) is 7.16. The Balaban J connectivity index is 2.45. The number of nitrogen functional groups attached to an aromatic ring is 1. The predicted molar refractivity (Wildman–Crippen MR) is 58.8 cm³/mol. The summed E-state index contributed by atoms with van der Waals surface area (Å²) in [5.41, 5.74) is 8.82. The van der Waals surface area contributed by atoms with Gasteiger partial charge in [0.2, 0.25) is 0 Å². The topological polar surface area (TPSA) is 38.9 Å². The molecule has 0 fully saturated rings. The van der Waals surface area contributed by atoms with Crippen molar-refractivity contribution in [2.75, 3.05) is 5.73 Å². The molecule has 0 unspecified atom stereocenters. The van der Waals surface area contributed by atoms with Gasteiger partial charge in [0.05, 0.1) is 17.1 Å². The number of hydrogen-bond acceptors (Lipinski definition) is 2. The summed E-state index contributed by atoms with van der Waals surface area (Å²) in [5, 5.41) is 0. The van der Waals surface area contributed by atoms with Crippen molar-refractivity contribution in [1.82, 2.24) is 4.98 Å². The number of aromatic nitrogens is 1. The fourth-order valence-electron chi connectivity index (χ4n) is 1.35.